The molecule has 0 bridgehead atoms. The van der Waals surface area contributed by atoms with Gasteiger partial charge in [-0.3, -0.25) is 4.79 Å². The van der Waals surface area contributed by atoms with Gasteiger partial charge in [-0.05, 0) is 68.5 Å². The summed E-state index contributed by atoms with van der Waals surface area (Å²) in [5, 5.41) is 13.5. The lowest BCUT2D eigenvalue weighted by molar-refractivity contribution is -0.116. The predicted octanol–water partition coefficient (Wildman–Crippen LogP) is 7.25. The lowest BCUT2D eigenvalue weighted by atomic mass is 9.88. The van der Waals surface area contributed by atoms with Gasteiger partial charge in [-0.15, -0.1) is 0 Å². The van der Waals surface area contributed by atoms with Crippen molar-refractivity contribution in [3.63, 3.8) is 0 Å². The van der Waals surface area contributed by atoms with Crippen LogP contribution in [0.3, 0.4) is 0 Å². The van der Waals surface area contributed by atoms with Gasteiger partial charge in [0.15, 0.2) is 0 Å². The molecule has 2 aromatic carbocycles. The maximum atomic E-state index is 12.4. The van der Waals surface area contributed by atoms with Crippen molar-refractivity contribution < 1.29 is 14.6 Å². The van der Waals surface area contributed by atoms with Crippen LogP contribution in [0.4, 0.5) is 5.69 Å². The zero-order valence-corrected chi connectivity index (χ0v) is 20.4. The van der Waals surface area contributed by atoms with Gasteiger partial charge in [0.05, 0.1) is 0 Å². The molecule has 174 valence electrons. The average Bonchev–Trinajstić information content (AvgIpc) is 3.15. The van der Waals surface area contributed by atoms with Crippen molar-refractivity contribution in [1.29, 1.82) is 0 Å². The Kier molecular flexibility index (Phi) is 7.86. The summed E-state index contributed by atoms with van der Waals surface area (Å²) >= 11 is 0. The minimum Gasteiger partial charge on any atom is -0.507 e. The second kappa shape index (κ2) is 10.4. The fraction of sp³-hybridized carbons (Fsp3) is 0.536. The van der Waals surface area contributed by atoms with Crippen molar-refractivity contribution in [2.75, 3.05) is 5.32 Å². The molecular weight excluding hydrogens is 398 g/mol. The van der Waals surface area contributed by atoms with Gasteiger partial charge < -0.3 is 15.2 Å². The van der Waals surface area contributed by atoms with E-state index in [0.29, 0.717) is 18.6 Å². The van der Waals surface area contributed by atoms with E-state index < -0.39 is 5.60 Å². The Labute approximate surface area is 193 Å². The number of fused-ring (bicyclic) bond motifs is 1. The third kappa shape index (κ3) is 5.28. The van der Waals surface area contributed by atoms with Crippen molar-refractivity contribution in [3.8, 4) is 11.5 Å². The van der Waals surface area contributed by atoms with Crippen LogP contribution < -0.4 is 10.1 Å². The summed E-state index contributed by atoms with van der Waals surface area (Å²) in [7, 11) is 0. The number of amides is 1. The first kappa shape index (κ1) is 24.2. The molecule has 2 aromatic rings. The minimum atomic E-state index is -0.530. The molecule has 3 rings (SSSR count). The van der Waals surface area contributed by atoms with Crippen LogP contribution in [0.1, 0.15) is 93.0 Å². The van der Waals surface area contributed by atoms with E-state index in [2.05, 4.69) is 25.2 Å². The van der Waals surface area contributed by atoms with Crippen LogP contribution in [-0.2, 0) is 16.8 Å². The Morgan fingerprint density at radius 2 is 1.72 bits per heavy atom. The van der Waals surface area contributed by atoms with E-state index in [0.717, 1.165) is 52.1 Å². The molecule has 2 N–H and O–H groups in total. The Hall–Kier alpha value is -2.49. The molecule has 0 saturated heterocycles. The monoisotopic (exact) mass is 437 g/mol. The van der Waals surface area contributed by atoms with Crippen molar-refractivity contribution in [1.82, 2.24) is 0 Å². The van der Waals surface area contributed by atoms with Gasteiger partial charge >= 0.3 is 0 Å². The molecule has 1 aliphatic heterocycles. The van der Waals surface area contributed by atoms with Crippen LogP contribution in [0, 0.1) is 20.8 Å². The molecule has 0 saturated carbocycles. The third-order valence-electron chi connectivity index (χ3n) is 6.95. The number of phenolic OH excluding ortho intramolecular Hbond substituents is 1. The van der Waals surface area contributed by atoms with Gasteiger partial charge in [0, 0.05) is 24.1 Å². The number of carbonyl (C=O) groups is 1. The van der Waals surface area contributed by atoms with E-state index in [1.165, 1.54) is 32.1 Å². The van der Waals surface area contributed by atoms with Crippen LogP contribution in [0.5, 0.6) is 11.5 Å². The third-order valence-corrected chi connectivity index (χ3v) is 6.95. The SMILES string of the molecule is CCCCCCCCCC(=O)Nc1cccc(C2(C)Cc3c(C)c(O)c(C)c(C)c3O2)c1. The molecule has 0 radical (unpaired) electrons. The van der Waals surface area contributed by atoms with Crippen molar-refractivity contribution >= 4 is 11.6 Å². The topological polar surface area (TPSA) is 58.6 Å². The van der Waals surface area contributed by atoms with Gasteiger partial charge in [-0.2, -0.15) is 0 Å². The zero-order valence-electron chi connectivity index (χ0n) is 20.4. The molecule has 1 unspecified atom stereocenters. The van der Waals surface area contributed by atoms with E-state index in [1.807, 2.05) is 39.0 Å². The molecule has 1 atom stereocenters. The number of ether oxygens (including phenoxy) is 1. The largest absolute Gasteiger partial charge is 0.507 e. The van der Waals surface area contributed by atoms with Gasteiger partial charge in [0.1, 0.15) is 17.1 Å². The number of benzene rings is 2. The highest BCUT2D eigenvalue weighted by Crippen LogP contribution is 2.48. The molecule has 0 spiro atoms. The smallest absolute Gasteiger partial charge is 0.224 e. The van der Waals surface area contributed by atoms with E-state index in [1.54, 1.807) is 0 Å². The van der Waals surface area contributed by atoms with Crippen LogP contribution in [0.15, 0.2) is 24.3 Å². The molecular formula is C28H39NO3. The molecule has 4 nitrogen and oxygen atoms in total. The number of phenols is 1. The summed E-state index contributed by atoms with van der Waals surface area (Å²) in [4.78, 5) is 12.4. The summed E-state index contributed by atoms with van der Waals surface area (Å²) in [6.07, 6.45) is 9.68. The molecule has 0 aromatic heterocycles. The van der Waals surface area contributed by atoms with Crippen LogP contribution in [0.25, 0.3) is 0 Å². The number of aromatic hydroxyl groups is 1. The lowest BCUT2D eigenvalue weighted by Crippen LogP contribution is -2.27. The van der Waals surface area contributed by atoms with Crippen molar-refractivity contribution in [2.45, 2.75) is 98.0 Å². The molecule has 1 aliphatic rings. The predicted molar refractivity (Wildman–Crippen MR) is 132 cm³/mol. The number of carbonyl (C=O) groups excluding carboxylic acids is 1. The molecule has 0 aliphatic carbocycles. The molecule has 0 fully saturated rings. The average molecular weight is 438 g/mol. The zero-order chi connectivity index (χ0) is 23.3. The number of hydrogen-bond acceptors (Lipinski definition) is 3. The number of anilines is 1. The second-order valence-electron chi connectivity index (χ2n) is 9.54. The van der Waals surface area contributed by atoms with Gasteiger partial charge in [-0.25, -0.2) is 0 Å². The summed E-state index contributed by atoms with van der Waals surface area (Å²) in [6, 6.07) is 7.98. The van der Waals surface area contributed by atoms with Gasteiger partial charge in [0.25, 0.3) is 0 Å². The van der Waals surface area contributed by atoms with E-state index >= 15 is 0 Å². The number of hydrogen-bond donors (Lipinski definition) is 2. The summed E-state index contributed by atoms with van der Waals surface area (Å²) in [5.41, 5.74) is 5.13. The van der Waals surface area contributed by atoms with Crippen molar-refractivity contribution in [2.24, 2.45) is 0 Å². The molecule has 1 heterocycles. The molecule has 1 amide bonds. The Bertz CT molecular complexity index is 927. The highest BCUT2D eigenvalue weighted by molar-refractivity contribution is 5.90. The normalized spacial score (nSPS) is 17.2. The lowest BCUT2D eigenvalue weighted by Gasteiger charge is -2.25. The van der Waals surface area contributed by atoms with Crippen LogP contribution >= 0.6 is 0 Å². The summed E-state index contributed by atoms with van der Waals surface area (Å²) in [5.74, 6) is 1.32. The first-order chi connectivity index (χ1) is 15.3. The van der Waals surface area contributed by atoms with Crippen molar-refractivity contribution in [3.05, 3.63) is 52.1 Å². The quantitative estimate of drug-likeness (QED) is 0.385. The van der Waals surface area contributed by atoms with Gasteiger partial charge in [0.2, 0.25) is 5.91 Å². The first-order valence-electron chi connectivity index (χ1n) is 12.2. The minimum absolute atomic E-state index is 0.0729. The van der Waals surface area contributed by atoms with E-state index in [-0.39, 0.29) is 5.91 Å². The summed E-state index contributed by atoms with van der Waals surface area (Å²) in [6.45, 7) is 10.2. The number of nitrogens with one attached hydrogen (secondary N) is 1. The van der Waals surface area contributed by atoms with E-state index in [9.17, 15) is 9.90 Å². The fourth-order valence-electron chi connectivity index (χ4n) is 4.67. The maximum Gasteiger partial charge on any atom is 0.224 e. The summed E-state index contributed by atoms with van der Waals surface area (Å²) < 4.78 is 6.48. The Morgan fingerprint density at radius 3 is 2.44 bits per heavy atom. The van der Waals surface area contributed by atoms with Crippen LogP contribution in [-0.4, -0.2) is 11.0 Å². The number of unbranched alkanes of at least 4 members (excludes halogenated alkanes) is 6. The highest BCUT2D eigenvalue weighted by Gasteiger charge is 2.39. The first-order valence-corrected chi connectivity index (χ1v) is 12.2. The Balaban J connectivity index is 1.62. The van der Waals surface area contributed by atoms with Crippen LogP contribution in [0.2, 0.25) is 0 Å². The molecule has 4 heteroatoms. The highest BCUT2D eigenvalue weighted by atomic mass is 16.5. The maximum absolute atomic E-state index is 12.4. The van der Waals surface area contributed by atoms with Gasteiger partial charge in [-0.1, -0.05) is 57.6 Å². The standard InChI is InChI=1S/C28H39NO3/c1-6-7-8-9-10-11-12-16-25(30)29-23-15-13-14-22(17-23)28(5)18-24-21(4)26(31)19(2)20(3)27(24)32-28/h13-15,17,31H,6-12,16,18H2,1-5H3,(H,29,30). The molecule has 32 heavy (non-hydrogen) atoms. The number of rotatable bonds is 10. The Morgan fingerprint density at radius 1 is 1.03 bits per heavy atom. The van der Waals surface area contributed by atoms with E-state index in [4.69, 9.17) is 4.74 Å². The fourth-order valence-corrected chi connectivity index (χ4v) is 4.67. The second-order valence-corrected chi connectivity index (χ2v) is 9.54.